The van der Waals surface area contributed by atoms with Crippen LogP contribution >= 0.6 is 0 Å². The van der Waals surface area contributed by atoms with E-state index in [1.165, 1.54) is 12.2 Å². The van der Waals surface area contributed by atoms with Crippen LogP contribution < -0.4 is 0 Å². The first kappa shape index (κ1) is 16.2. The van der Waals surface area contributed by atoms with Crippen LogP contribution in [0.25, 0.3) is 0 Å². The van der Waals surface area contributed by atoms with Crippen LogP contribution in [-0.4, -0.2) is 27.5 Å². The van der Waals surface area contributed by atoms with Crippen LogP contribution in [0, 0.1) is 0 Å². The molecule has 1 aliphatic heterocycles. The highest BCUT2D eigenvalue weighted by atomic mass is 16.5. The van der Waals surface area contributed by atoms with Gasteiger partial charge in [-0.15, -0.1) is 0 Å². The van der Waals surface area contributed by atoms with E-state index in [4.69, 9.17) is 0 Å². The van der Waals surface area contributed by atoms with E-state index in [0.29, 0.717) is 11.3 Å². The second kappa shape index (κ2) is 5.89. The van der Waals surface area contributed by atoms with E-state index in [0.717, 1.165) is 5.06 Å². The SMILES string of the molecule is CC1(c2ccccc2)C(=O)C2=C(C=CC(=O)C2=Nc2ccccc2)N1O. The van der Waals surface area contributed by atoms with E-state index in [1.807, 2.05) is 12.1 Å². The molecule has 0 amide bonds. The van der Waals surface area contributed by atoms with Crippen molar-refractivity contribution in [2.45, 2.75) is 12.5 Å². The number of hydrogen-bond acceptors (Lipinski definition) is 5. The predicted molar refractivity (Wildman–Crippen MR) is 97.1 cm³/mol. The Morgan fingerprint density at radius 3 is 2.19 bits per heavy atom. The molecule has 0 radical (unpaired) electrons. The third kappa shape index (κ3) is 2.25. The minimum absolute atomic E-state index is 0.0532. The number of nitrogens with zero attached hydrogens (tertiary/aromatic N) is 2. The van der Waals surface area contributed by atoms with E-state index in [1.54, 1.807) is 55.5 Å². The molecule has 1 N–H and O–H groups in total. The molecule has 0 saturated carbocycles. The van der Waals surface area contributed by atoms with Gasteiger partial charge in [0.1, 0.15) is 5.71 Å². The number of benzene rings is 2. The number of Topliss-reactive ketones (excluding diaryl/α,β-unsaturated/α-hetero) is 1. The van der Waals surface area contributed by atoms with Crippen molar-refractivity contribution in [3.63, 3.8) is 0 Å². The monoisotopic (exact) mass is 344 g/mol. The summed E-state index contributed by atoms with van der Waals surface area (Å²) in [5.74, 6) is -0.708. The van der Waals surface area contributed by atoms with Crippen LogP contribution in [0.5, 0.6) is 0 Å². The molecule has 1 unspecified atom stereocenters. The van der Waals surface area contributed by atoms with E-state index in [9.17, 15) is 14.8 Å². The molecular weight excluding hydrogens is 328 g/mol. The van der Waals surface area contributed by atoms with Crippen LogP contribution in [0.3, 0.4) is 0 Å². The Hall–Kier alpha value is -3.31. The van der Waals surface area contributed by atoms with E-state index in [2.05, 4.69) is 4.99 Å². The number of hydrogen-bond donors (Lipinski definition) is 1. The normalized spacial score (nSPS) is 23.8. The fourth-order valence-corrected chi connectivity index (χ4v) is 3.30. The van der Waals surface area contributed by atoms with Gasteiger partial charge < -0.3 is 0 Å². The highest BCUT2D eigenvalue weighted by Gasteiger charge is 2.52. The zero-order chi connectivity index (χ0) is 18.3. The maximum atomic E-state index is 13.3. The van der Waals surface area contributed by atoms with Crippen molar-refractivity contribution >= 4 is 23.0 Å². The fraction of sp³-hybridized carbons (Fsp3) is 0.0952. The van der Waals surface area contributed by atoms with Gasteiger partial charge in [0.2, 0.25) is 5.78 Å². The molecule has 0 saturated heterocycles. The Bertz CT molecular complexity index is 990. The molecule has 4 rings (SSSR count). The lowest BCUT2D eigenvalue weighted by atomic mass is 9.84. The van der Waals surface area contributed by atoms with Crippen LogP contribution in [0.15, 0.2) is 89.1 Å². The second-order valence-corrected chi connectivity index (χ2v) is 6.33. The number of carbonyl (C=O) groups is 2. The van der Waals surface area contributed by atoms with Gasteiger partial charge in [-0.05, 0) is 36.8 Å². The zero-order valence-electron chi connectivity index (χ0n) is 14.1. The third-order valence-corrected chi connectivity index (χ3v) is 4.77. The van der Waals surface area contributed by atoms with Gasteiger partial charge in [-0.25, -0.2) is 10.1 Å². The van der Waals surface area contributed by atoms with Gasteiger partial charge in [0.05, 0.1) is 17.0 Å². The Balaban J connectivity index is 1.86. The Kier molecular flexibility index (Phi) is 3.67. The van der Waals surface area contributed by atoms with E-state index < -0.39 is 5.54 Å². The van der Waals surface area contributed by atoms with Gasteiger partial charge in [0.25, 0.3) is 0 Å². The lowest BCUT2D eigenvalue weighted by Gasteiger charge is -2.31. The van der Waals surface area contributed by atoms with Gasteiger partial charge in [-0.2, -0.15) is 0 Å². The van der Waals surface area contributed by atoms with Crippen LogP contribution in [0.2, 0.25) is 0 Å². The highest BCUT2D eigenvalue weighted by molar-refractivity contribution is 6.57. The van der Waals surface area contributed by atoms with Crippen molar-refractivity contribution in [1.82, 2.24) is 5.06 Å². The molecule has 5 heteroatoms. The van der Waals surface area contributed by atoms with Crippen molar-refractivity contribution in [3.05, 3.63) is 89.6 Å². The Morgan fingerprint density at radius 2 is 1.54 bits per heavy atom. The summed E-state index contributed by atoms with van der Waals surface area (Å²) in [5, 5.41) is 11.7. The molecule has 0 bridgehead atoms. The molecule has 2 aromatic rings. The molecule has 26 heavy (non-hydrogen) atoms. The number of ketones is 2. The minimum atomic E-state index is -1.31. The molecule has 2 aliphatic rings. The van der Waals surface area contributed by atoms with Crippen molar-refractivity contribution in [3.8, 4) is 0 Å². The molecular formula is C21H16N2O3. The molecule has 1 aliphatic carbocycles. The summed E-state index contributed by atoms with van der Waals surface area (Å²) < 4.78 is 0. The lowest BCUT2D eigenvalue weighted by Crippen LogP contribution is -2.42. The summed E-state index contributed by atoms with van der Waals surface area (Å²) in [6, 6.07) is 18.0. The first-order valence-electron chi connectivity index (χ1n) is 8.23. The average Bonchev–Trinajstić information content (AvgIpc) is 2.88. The fourth-order valence-electron chi connectivity index (χ4n) is 3.30. The zero-order valence-corrected chi connectivity index (χ0v) is 14.1. The van der Waals surface area contributed by atoms with Crippen molar-refractivity contribution in [2.24, 2.45) is 4.99 Å². The molecule has 2 aromatic carbocycles. The average molecular weight is 344 g/mol. The van der Waals surface area contributed by atoms with Gasteiger partial charge in [0.15, 0.2) is 11.3 Å². The third-order valence-electron chi connectivity index (χ3n) is 4.77. The number of allylic oxidation sites excluding steroid dienone is 2. The first-order valence-corrected chi connectivity index (χ1v) is 8.23. The molecule has 1 atom stereocenters. The van der Waals surface area contributed by atoms with Crippen LogP contribution in [0.4, 0.5) is 5.69 Å². The number of carbonyl (C=O) groups excluding carboxylic acids is 2. The second-order valence-electron chi connectivity index (χ2n) is 6.33. The first-order chi connectivity index (χ1) is 12.5. The Labute approximate surface area is 150 Å². The van der Waals surface area contributed by atoms with E-state index in [-0.39, 0.29) is 28.5 Å². The number of para-hydroxylation sites is 1. The molecule has 1 heterocycles. The minimum Gasteiger partial charge on any atom is -0.291 e. The van der Waals surface area contributed by atoms with Gasteiger partial charge in [-0.3, -0.25) is 14.8 Å². The molecule has 0 aromatic heterocycles. The van der Waals surface area contributed by atoms with Crippen LogP contribution in [0.1, 0.15) is 12.5 Å². The molecule has 128 valence electrons. The quantitative estimate of drug-likeness (QED) is 0.848. The van der Waals surface area contributed by atoms with Crippen LogP contribution in [-0.2, 0) is 15.1 Å². The number of hydroxylamine groups is 2. The highest BCUT2D eigenvalue weighted by Crippen LogP contribution is 2.42. The standard InChI is InChI=1S/C21H16N2O3/c1-21(14-8-4-2-5-9-14)20(25)18-16(23(21)26)12-13-17(24)19(18)22-15-10-6-3-7-11-15/h2-13,26H,1H3. The molecule has 0 spiro atoms. The van der Waals surface area contributed by atoms with Crippen molar-refractivity contribution in [1.29, 1.82) is 0 Å². The predicted octanol–water partition coefficient (Wildman–Crippen LogP) is 3.34. The summed E-state index contributed by atoms with van der Waals surface area (Å²) >= 11 is 0. The summed E-state index contributed by atoms with van der Waals surface area (Å²) in [4.78, 5) is 30.1. The maximum absolute atomic E-state index is 13.3. The topological polar surface area (TPSA) is 70.0 Å². The smallest absolute Gasteiger partial charge is 0.205 e. The lowest BCUT2D eigenvalue weighted by molar-refractivity contribution is -0.151. The summed E-state index contributed by atoms with van der Waals surface area (Å²) in [7, 11) is 0. The van der Waals surface area contributed by atoms with Crippen molar-refractivity contribution in [2.75, 3.05) is 0 Å². The summed E-state index contributed by atoms with van der Waals surface area (Å²) in [6.07, 6.45) is 2.79. The van der Waals surface area contributed by atoms with Gasteiger partial charge >= 0.3 is 0 Å². The van der Waals surface area contributed by atoms with Crippen molar-refractivity contribution < 1.29 is 14.8 Å². The molecule has 5 nitrogen and oxygen atoms in total. The maximum Gasteiger partial charge on any atom is 0.205 e. The number of rotatable bonds is 2. The molecule has 0 fully saturated rings. The summed E-state index contributed by atoms with van der Waals surface area (Å²) in [6.45, 7) is 1.64. The largest absolute Gasteiger partial charge is 0.291 e. The number of aliphatic imine (C=N–C) groups is 1. The van der Waals surface area contributed by atoms with Gasteiger partial charge in [-0.1, -0.05) is 48.5 Å². The van der Waals surface area contributed by atoms with E-state index >= 15 is 0 Å². The summed E-state index contributed by atoms with van der Waals surface area (Å²) in [5.41, 5.74) is 0.395. The Morgan fingerprint density at radius 1 is 0.923 bits per heavy atom. The van der Waals surface area contributed by atoms with Gasteiger partial charge in [0, 0.05) is 0 Å².